The Morgan fingerprint density at radius 3 is 2.41 bits per heavy atom. The Morgan fingerprint density at radius 1 is 0.955 bits per heavy atom. The van der Waals surface area contributed by atoms with Crippen LogP contribution in [-0.2, 0) is 11.2 Å². The van der Waals surface area contributed by atoms with Gasteiger partial charge in [-0.15, -0.1) is 0 Å². The maximum absolute atomic E-state index is 12.8. The summed E-state index contributed by atoms with van der Waals surface area (Å²) in [6.07, 6.45) is 0.110. The van der Waals surface area contributed by atoms with Gasteiger partial charge in [-0.05, 0) is 52.7 Å². The number of hydrogen-bond acceptors (Lipinski definition) is 2. The molecule has 0 bridgehead atoms. The molecule has 0 aliphatic heterocycles. The molecule has 22 heavy (non-hydrogen) atoms. The highest BCUT2D eigenvalue weighted by molar-refractivity contribution is 9.10. The van der Waals surface area contributed by atoms with Gasteiger partial charge in [-0.2, -0.15) is 0 Å². The predicted octanol–water partition coefficient (Wildman–Crippen LogP) is 4.89. The third kappa shape index (κ3) is 3.52. The minimum Gasteiger partial charge on any atom is -0.426 e. The third-order valence-electron chi connectivity index (χ3n) is 3.27. The molecule has 4 heteroatoms. The first-order chi connectivity index (χ1) is 10.6. The SMILES string of the molecule is O=C(Cc1ccc(F)cc1)Oc1ccc2cc(Br)ccc2c1. The summed E-state index contributed by atoms with van der Waals surface area (Å²) < 4.78 is 19.2. The van der Waals surface area contributed by atoms with Crippen LogP contribution in [-0.4, -0.2) is 5.97 Å². The molecular formula is C18H12BrFO2. The molecule has 0 radical (unpaired) electrons. The van der Waals surface area contributed by atoms with Gasteiger partial charge in [0.15, 0.2) is 0 Å². The van der Waals surface area contributed by atoms with Gasteiger partial charge in [0.1, 0.15) is 11.6 Å². The van der Waals surface area contributed by atoms with Crippen molar-refractivity contribution in [3.63, 3.8) is 0 Å². The van der Waals surface area contributed by atoms with E-state index < -0.39 is 0 Å². The van der Waals surface area contributed by atoms with Crippen molar-refractivity contribution >= 4 is 32.7 Å². The monoisotopic (exact) mass is 358 g/mol. The number of rotatable bonds is 3. The summed E-state index contributed by atoms with van der Waals surface area (Å²) in [7, 11) is 0. The van der Waals surface area contributed by atoms with E-state index in [0.717, 1.165) is 20.8 Å². The molecule has 3 aromatic rings. The van der Waals surface area contributed by atoms with Gasteiger partial charge < -0.3 is 4.74 Å². The molecule has 0 N–H and O–H groups in total. The number of benzene rings is 3. The van der Waals surface area contributed by atoms with E-state index in [1.54, 1.807) is 18.2 Å². The van der Waals surface area contributed by atoms with Crippen LogP contribution >= 0.6 is 15.9 Å². The predicted molar refractivity (Wildman–Crippen MR) is 87.4 cm³/mol. The van der Waals surface area contributed by atoms with Crippen molar-refractivity contribution in [1.29, 1.82) is 0 Å². The molecular weight excluding hydrogens is 347 g/mol. The first-order valence-corrected chi connectivity index (χ1v) is 7.54. The van der Waals surface area contributed by atoms with Crippen molar-refractivity contribution in [3.05, 3.63) is 76.5 Å². The summed E-state index contributed by atoms with van der Waals surface area (Å²) in [6, 6.07) is 17.2. The van der Waals surface area contributed by atoms with Gasteiger partial charge in [-0.3, -0.25) is 4.79 Å². The number of hydrogen-bond donors (Lipinski definition) is 0. The molecule has 2 nitrogen and oxygen atoms in total. The van der Waals surface area contributed by atoms with E-state index in [0.29, 0.717) is 5.75 Å². The first-order valence-electron chi connectivity index (χ1n) is 6.74. The summed E-state index contributed by atoms with van der Waals surface area (Å²) in [5, 5.41) is 2.06. The van der Waals surface area contributed by atoms with Crippen molar-refractivity contribution in [2.45, 2.75) is 6.42 Å². The van der Waals surface area contributed by atoms with Crippen molar-refractivity contribution in [3.8, 4) is 5.75 Å². The van der Waals surface area contributed by atoms with E-state index >= 15 is 0 Å². The molecule has 110 valence electrons. The number of carbonyl (C=O) groups is 1. The van der Waals surface area contributed by atoms with Crippen molar-refractivity contribution in [1.82, 2.24) is 0 Å². The maximum atomic E-state index is 12.8. The largest absolute Gasteiger partial charge is 0.426 e. The van der Waals surface area contributed by atoms with E-state index in [2.05, 4.69) is 15.9 Å². The number of fused-ring (bicyclic) bond motifs is 1. The van der Waals surface area contributed by atoms with E-state index in [9.17, 15) is 9.18 Å². The van der Waals surface area contributed by atoms with Crippen LogP contribution in [0.1, 0.15) is 5.56 Å². The normalized spacial score (nSPS) is 10.6. The Hall–Kier alpha value is -2.20. The zero-order valence-electron chi connectivity index (χ0n) is 11.6. The molecule has 0 amide bonds. The lowest BCUT2D eigenvalue weighted by atomic mass is 10.1. The van der Waals surface area contributed by atoms with Gasteiger partial charge in [0.2, 0.25) is 0 Å². The lowest BCUT2D eigenvalue weighted by Gasteiger charge is -2.06. The highest BCUT2D eigenvalue weighted by Gasteiger charge is 2.07. The Kier molecular flexibility index (Phi) is 4.20. The Labute approximate surface area is 135 Å². The molecule has 0 saturated carbocycles. The highest BCUT2D eigenvalue weighted by Crippen LogP contribution is 2.24. The van der Waals surface area contributed by atoms with Crippen LogP contribution in [0.3, 0.4) is 0 Å². The van der Waals surface area contributed by atoms with Gasteiger partial charge in [0.25, 0.3) is 0 Å². The fourth-order valence-corrected chi connectivity index (χ4v) is 2.57. The molecule has 0 saturated heterocycles. The van der Waals surface area contributed by atoms with Crippen LogP contribution in [0.2, 0.25) is 0 Å². The van der Waals surface area contributed by atoms with Crippen LogP contribution in [0.4, 0.5) is 4.39 Å². The first kappa shape index (κ1) is 14.7. The summed E-state index contributed by atoms with van der Waals surface area (Å²) in [6.45, 7) is 0. The molecule has 0 unspecified atom stereocenters. The Balaban J connectivity index is 1.73. The zero-order chi connectivity index (χ0) is 15.5. The van der Waals surface area contributed by atoms with E-state index in [1.165, 1.54) is 12.1 Å². The Morgan fingerprint density at radius 2 is 1.64 bits per heavy atom. The molecule has 0 aromatic heterocycles. The summed E-state index contributed by atoms with van der Waals surface area (Å²) in [5.74, 6) is -0.192. The summed E-state index contributed by atoms with van der Waals surface area (Å²) in [5.41, 5.74) is 0.719. The molecule has 0 aliphatic rings. The number of carbonyl (C=O) groups excluding carboxylic acids is 1. The smallest absolute Gasteiger partial charge is 0.315 e. The molecule has 3 rings (SSSR count). The third-order valence-corrected chi connectivity index (χ3v) is 3.76. The maximum Gasteiger partial charge on any atom is 0.315 e. The number of esters is 1. The Bertz CT molecular complexity index is 828. The minimum atomic E-state index is -0.372. The quantitative estimate of drug-likeness (QED) is 0.492. The van der Waals surface area contributed by atoms with Crippen molar-refractivity contribution < 1.29 is 13.9 Å². The minimum absolute atomic E-state index is 0.110. The summed E-state index contributed by atoms with van der Waals surface area (Å²) in [4.78, 5) is 11.9. The van der Waals surface area contributed by atoms with Crippen LogP contribution in [0, 0.1) is 5.82 Å². The average Bonchev–Trinajstić information content (AvgIpc) is 2.50. The molecule has 0 fully saturated rings. The van der Waals surface area contributed by atoms with E-state index in [-0.39, 0.29) is 18.2 Å². The van der Waals surface area contributed by atoms with Crippen molar-refractivity contribution in [2.24, 2.45) is 0 Å². The summed E-state index contributed by atoms with van der Waals surface area (Å²) >= 11 is 3.42. The lowest BCUT2D eigenvalue weighted by molar-refractivity contribution is -0.133. The molecule has 0 atom stereocenters. The standard InChI is InChI=1S/C18H12BrFO2/c19-15-5-3-14-11-17(8-4-13(14)10-15)22-18(21)9-12-1-6-16(20)7-2-12/h1-8,10-11H,9H2. The molecule has 0 aliphatic carbocycles. The second kappa shape index (κ2) is 6.28. The van der Waals surface area contributed by atoms with Crippen LogP contribution in [0.5, 0.6) is 5.75 Å². The van der Waals surface area contributed by atoms with Gasteiger partial charge in [0.05, 0.1) is 6.42 Å². The number of ether oxygens (including phenoxy) is 1. The fourth-order valence-electron chi connectivity index (χ4n) is 2.19. The molecule has 0 heterocycles. The van der Waals surface area contributed by atoms with E-state index in [1.807, 2.05) is 30.3 Å². The highest BCUT2D eigenvalue weighted by atomic mass is 79.9. The molecule has 0 spiro atoms. The lowest BCUT2D eigenvalue weighted by Crippen LogP contribution is -2.11. The second-order valence-electron chi connectivity index (χ2n) is 4.93. The van der Waals surface area contributed by atoms with Gasteiger partial charge >= 0.3 is 5.97 Å². The van der Waals surface area contributed by atoms with Crippen LogP contribution in [0.15, 0.2) is 65.1 Å². The van der Waals surface area contributed by atoms with Crippen LogP contribution < -0.4 is 4.74 Å². The van der Waals surface area contributed by atoms with Crippen molar-refractivity contribution in [2.75, 3.05) is 0 Å². The zero-order valence-corrected chi connectivity index (χ0v) is 13.1. The average molecular weight is 359 g/mol. The van der Waals surface area contributed by atoms with Gasteiger partial charge in [0, 0.05) is 4.47 Å². The molecule has 3 aromatic carbocycles. The number of halogens is 2. The second-order valence-corrected chi connectivity index (χ2v) is 5.85. The fraction of sp³-hybridized carbons (Fsp3) is 0.0556. The van der Waals surface area contributed by atoms with Gasteiger partial charge in [-0.25, -0.2) is 4.39 Å². The van der Waals surface area contributed by atoms with E-state index in [4.69, 9.17) is 4.74 Å². The van der Waals surface area contributed by atoms with Crippen LogP contribution in [0.25, 0.3) is 10.8 Å². The topological polar surface area (TPSA) is 26.3 Å². The van der Waals surface area contributed by atoms with Gasteiger partial charge in [-0.1, -0.05) is 40.2 Å².